The highest BCUT2D eigenvalue weighted by Crippen LogP contribution is 2.12. The number of anilines is 1. The number of nitrogens with one attached hydrogen (secondary N) is 1. The van der Waals surface area contributed by atoms with Gasteiger partial charge in [0, 0.05) is 18.8 Å². The number of amides is 1. The van der Waals surface area contributed by atoms with E-state index in [0.29, 0.717) is 12.2 Å². The topological polar surface area (TPSA) is 78.6 Å². The molecule has 0 spiro atoms. The molecule has 1 amide bonds. The molecule has 0 aromatic heterocycles. The lowest BCUT2D eigenvalue weighted by Crippen LogP contribution is -2.47. The SMILES string of the molecule is CN(C)CC(C)(O)CNC(=O)c1cc(N)ccc1F. The van der Waals surface area contributed by atoms with Crippen molar-refractivity contribution in [2.24, 2.45) is 0 Å². The smallest absolute Gasteiger partial charge is 0.254 e. The van der Waals surface area contributed by atoms with Crippen LogP contribution in [0.2, 0.25) is 0 Å². The van der Waals surface area contributed by atoms with Crippen molar-refractivity contribution in [3.05, 3.63) is 29.6 Å². The number of rotatable bonds is 5. The molecule has 6 heteroatoms. The third-order valence-electron chi connectivity index (χ3n) is 2.52. The molecular weight excluding hydrogens is 249 g/mol. The van der Waals surface area contributed by atoms with Gasteiger partial charge in [-0.25, -0.2) is 4.39 Å². The average molecular weight is 269 g/mol. The van der Waals surface area contributed by atoms with Crippen LogP contribution in [0.5, 0.6) is 0 Å². The first-order valence-electron chi connectivity index (χ1n) is 5.91. The van der Waals surface area contributed by atoms with Gasteiger partial charge in [0.25, 0.3) is 5.91 Å². The van der Waals surface area contributed by atoms with Gasteiger partial charge in [0.05, 0.1) is 11.2 Å². The first-order chi connectivity index (χ1) is 8.71. The number of nitrogens with zero attached hydrogens (tertiary/aromatic N) is 1. The summed E-state index contributed by atoms with van der Waals surface area (Å²) in [5.41, 5.74) is 4.61. The van der Waals surface area contributed by atoms with E-state index in [-0.39, 0.29) is 12.1 Å². The Balaban J connectivity index is 2.68. The molecule has 0 aliphatic rings. The quantitative estimate of drug-likeness (QED) is 0.678. The second-order valence-electron chi connectivity index (χ2n) is 5.16. The van der Waals surface area contributed by atoms with E-state index in [1.54, 1.807) is 11.8 Å². The first kappa shape index (κ1) is 15.4. The predicted octanol–water partition coefficient (Wildman–Crippen LogP) is 0.450. The van der Waals surface area contributed by atoms with E-state index >= 15 is 0 Å². The number of halogens is 1. The number of aliphatic hydroxyl groups is 1. The molecule has 1 aromatic carbocycles. The van der Waals surface area contributed by atoms with Crippen LogP contribution in [0.4, 0.5) is 10.1 Å². The Morgan fingerprint density at radius 3 is 2.74 bits per heavy atom. The summed E-state index contributed by atoms with van der Waals surface area (Å²) in [7, 11) is 3.63. The van der Waals surface area contributed by atoms with Gasteiger partial charge >= 0.3 is 0 Å². The monoisotopic (exact) mass is 269 g/mol. The third-order valence-corrected chi connectivity index (χ3v) is 2.52. The van der Waals surface area contributed by atoms with E-state index in [4.69, 9.17) is 5.73 Å². The van der Waals surface area contributed by atoms with Crippen molar-refractivity contribution in [2.75, 3.05) is 32.9 Å². The molecular formula is C13H20FN3O2. The van der Waals surface area contributed by atoms with Crippen molar-refractivity contribution in [1.82, 2.24) is 10.2 Å². The Morgan fingerprint density at radius 2 is 2.16 bits per heavy atom. The minimum absolute atomic E-state index is 0.0260. The molecule has 5 nitrogen and oxygen atoms in total. The number of nitrogen functional groups attached to an aromatic ring is 1. The lowest BCUT2D eigenvalue weighted by Gasteiger charge is -2.27. The standard InChI is InChI=1S/C13H20FN3O2/c1-13(19,8-17(2)3)7-16-12(18)10-6-9(15)4-5-11(10)14/h4-6,19H,7-8,15H2,1-3H3,(H,16,18). The lowest BCUT2D eigenvalue weighted by atomic mass is 10.1. The van der Waals surface area contributed by atoms with Crippen LogP contribution in [-0.2, 0) is 0 Å². The van der Waals surface area contributed by atoms with E-state index in [9.17, 15) is 14.3 Å². The Hall–Kier alpha value is -1.66. The third kappa shape index (κ3) is 4.84. The summed E-state index contributed by atoms with van der Waals surface area (Å²) in [6.45, 7) is 2.01. The van der Waals surface area contributed by atoms with Gasteiger partial charge in [-0.3, -0.25) is 4.79 Å². The molecule has 0 saturated heterocycles. The van der Waals surface area contributed by atoms with Crippen LogP contribution < -0.4 is 11.1 Å². The van der Waals surface area contributed by atoms with Crippen molar-refractivity contribution >= 4 is 11.6 Å². The van der Waals surface area contributed by atoms with Crippen LogP contribution in [0.25, 0.3) is 0 Å². The van der Waals surface area contributed by atoms with E-state index in [1.807, 2.05) is 14.1 Å². The molecule has 1 atom stereocenters. The molecule has 0 heterocycles. The normalized spacial score (nSPS) is 14.2. The van der Waals surface area contributed by atoms with Crippen LogP contribution in [0.1, 0.15) is 17.3 Å². The largest absolute Gasteiger partial charge is 0.399 e. The highest BCUT2D eigenvalue weighted by atomic mass is 19.1. The summed E-state index contributed by atoms with van der Waals surface area (Å²) >= 11 is 0. The van der Waals surface area contributed by atoms with Crippen molar-refractivity contribution in [3.63, 3.8) is 0 Å². The van der Waals surface area contributed by atoms with Gasteiger partial charge in [0.15, 0.2) is 0 Å². The maximum atomic E-state index is 13.5. The Morgan fingerprint density at radius 1 is 1.53 bits per heavy atom. The van der Waals surface area contributed by atoms with Crippen LogP contribution in [0, 0.1) is 5.82 Å². The van der Waals surface area contributed by atoms with Gasteiger partial charge in [-0.2, -0.15) is 0 Å². The number of carbonyl (C=O) groups is 1. The number of nitrogens with two attached hydrogens (primary N) is 1. The Labute approximate surface area is 112 Å². The average Bonchev–Trinajstić information content (AvgIpc) is 2.27. The zero-order chi connectivity index (χ0) is 14.6. The molecule has 1 unspecified atom stereocenters. The molecule has 0 saturated carbocycles. The molecule has 0 fully saturated rings. The molecule has 19 heavy (non-hydrogen) atoms. The second kappa shape index (κ2) is 5.99. The van der Waals surface area contributed by atoms with E-state index < -0.39 is 17.3 Å². The lowest BCUT2D eigenvalue weighted by molar-refractivity contribution is 0.0325. The predicted molar refractivity (Wildman–Crippen MR) is 72.3 cm³/mol. The highest BCUT2D eigenvalue weighted by Gasteiger charge is 2.23. The van der Waals surface area contributed by atoms with Gasteiger partial charge in [-0.15, -0.1) is 0 Å². The fourth-order valence-corrected chi connectivity index (χ4v) is 1.82. The number of benzene rings is 1. The summed E-state index contributed by atoms with van der Waals surface area (Å²) in [4.78, 5) is 13.6. The maximum Gasteiger partial charge on any atom is 0.254 e. The zero-order valence-electron chi connectivity index (χ0n) is 11.4. The van der Waals surface area contributed by atoms with Gasteiger partial charge in [-0.1, -0.05) is 0 Å². The number of hydrogen-bond donors (Lipinski definition) is 3. The van der Waals surface area contributed by atoms with E-state index in [2.05, 4.69) is 5.32 Å². The summed E-state index contributed by atoms with van der Waals surface area (Å²) < 4.78 is 13.5. The Bertz CT molecular complexity index is 461. The van der Waals surface area contributed by atoms with Gasteiger partial charge in [0.1, 0.15) is 5.82 Å². The molecule has 1 aromatic rings. The van der Waals surface area contributed by atoms with Crippen molar-refractivity contribution < 1.29 is 14.3 Å². The fourth-order valence-electron chi connectivity index (χ4n) is 1.82. The van der Waals surface area contributed by atoms with E-state index in [1.165, 1.54) is 12.1 Å². The molecule has 1 rings (SSSR count). The second-order valence-corrected chi connectivity index (χ2v) is 5.16. The zero-order valence-corrected chi connectivity index (χ0v) is 11.4. The van der Waals surface area contributed by atoms with Crippen LogP contribution in [0.15, 0.2) is 18.2 Å². The van der Waals surface area contributed by atoms with Crippen LogP contribution in [-0.4, -0.2) is 48.7 Å². The molecule has 0 aliphatic heterocycles. The Kier molecular flexibility index (Phi) is 4.85. The van der Waals surface area contributed by atoms with Crippen molar-refractivity contribution in [1.29, 1.82) is 0 Å². The molecule has 106 valence electrons. The fraction of sp³-hybridized carbons (Fsp3) is 0.462. The summed E-state index contributed by atoms with van der Waals surface area (Å²) in [5.74, 6) is -1.23. The summed E-state index contributed by atoms with van der Waals surface area (Å²) in [6, 6.07) is 3.79. The highest BCUT2D eigenvalue weighted by molar-refractivity contribution is 5.95. The van der Waals surface area contributed by atoms with Crippen LogP contribution >= 0.6 is 0 Å². The number of carbonyl (C=O) groups excluding carboxylic acids is 1. The minimum Gasteiger partial charge on any atom is -0.399 e. The van der Waals surface area contributed by atoms with Crippen molar-refractivity contribution in [3.8, 4) is 0 Å². The summed E-state index contributed by atoms with van der Waals surface area (Å²) in [6.07, 6.45) is 0. The van der Waals surface area contributed by atoms with Crippen molar-refractivity contribution in [2.45, 2.75) is 12.5 Å². The molecule has 0 bridgehead atoms. The minimum atomic E-state index is -1.09. The number of hydrogen-bond acceptors (Lipinski definition) is 4. The van der Waals surface area contributed by atoms with Gasteiger partial charge in [-0.05, 0) is 39.2 Å². The summed E-state index contributed by atoms with van der Waals surface area (Å²) in [5, 5.41) is 12.5. The van der Waals surface area contributed by atoms with Gasteiger partial charge in [0.2, 0.25) is 0 Å². The maximum absolute atomic E-state index is 13.5. The molecule has 0 radical (unpaired) electrons. The number of likely N-dealkylation sites (N-methyl/N-ethyl adjacent to an activating group) is 1. The molecule has 4 N–H and O–H groups in total. The van der Waals surface area contributed by atoms with E-state index in [0.717, 1.165) is 6.07 Å². The van der Waals surface area contributed by atoms with Crippen LogP contribution in [0.3, 0.4) is 0 Å². The van der Waals surface area contributed by atoms with Gasteiger partial charge < -0.3 is 21.1 Å². The molecule has 0 aliphatic carbocycles. The first-order valence-corrected chi connectivity index (χ1v) is 5.91.